The lowest BCUT2D eigenvalue weighted by Crippen LogP contribution is -2.38. The van der Waals surface area contributed by atoms with E-state index in [1.54, 1.807) is 0 Å². The minimum absolute atomic E-state index is 0.718. The van der Waals surface area contributed by atoms with Crippen LogP contribution in [0.3, 0.4) is 0 Å². The first-order chi connectivity index (χ1) is 15.9. The van der Waals surface area contributed by atoms with Crippen LogP contribution in [0.2, 0.25) is 0 Å². The van der Waals surface area contributed by atoms with E-state index in [2.05, 4.69) is 90.2 Å². The van der Waals surface area contributed by atoms with Crippen LogP contribution in [0.15, 0.2) is 68.7 Å². The van der Waals surface area contributed by atoms with Gasteiger partial charge in [0.2, 0.25) is 11.9 Å². The summed E-state index contributed by atoms with van der Waals surface area (Å²) < 4.78 is 0. The molecule has 0 spiro atoms. The number of rotatable bonds is 4. The summed E-state index contributed by atoms with van der Waals surface area (Å²) in [5.74, 6) is 1.44. The standard InChI is InChI=1S/C24H26N8/c1-2-8-18-17(7-1)21(15-29-31-23-25-11-5-12-26-23)19-9-3-4-10-20(19)22(18)16-30-32-24-27-13-6-14-28-24/h1-4,7-10,15-16H,5-6,11-14H2,(H2,25,26,31)(H2,27,28,32)/b29-15+,30-16+. The van der Waals surface area contributed by atoms with E-state index in [9.17, 15) is 0 Å². The maximum absolute atomic E-state index is 4.48. The molecule has 3 aromatic rings. The van der Waals surface area contributed by atoms with E-state index in [0.717, 1.165) is 83.6 Å². The smallest absolute Gasteiger partial charge is 0.212 e. The predicted octanol–water partition coefficient (Wildman–Crippen LogP) is 2.54. The number of guanidine groups is 2. The Bertz CT molecular complexity index is 1090. The van der Waals surface area contributed by atoms with E-state index in [4.69, 9.17) is 0 Å². The second kappa shape index (κ2) is 9.47. The molecule has 5 rings (SSSR count). The maximum atomic E-state index is 4.48. The molecule has 8 heteroatoms. The normalized spacial score (nSPS) is 16.6. The summed E-state index contributed by atoms with van der Waals surface area (Å²) in [5, 5.41) is 19.9. The Hall–Kier alpha value is -3.94. The van der Waals surface area contributed by atoms with Crippen molar-refractivity contribution in [3.8, 4) is 0 Å². The van der Waals surface area contributed by atoms with E-state index in [1.807, 2.05) is 12.4 Å². The molecule has 0 fully saturated rings. The van der Waals surface area contributed by atoms with Crippen LogP contribution in [0, 0.1) is 0 Å². The molecule has 0 saturated heterocycles. The topological polar surface area (TPSA) is 97.6 Å². The van der Waals surface area contributed by atoms with Crippen molar-refractivity contribution >= 4 is 45.9 Å². The molecule has 4 N–H and O–H groups in total. The molecule has 0 saturated carbocycles. The summed E-state index contributed by atoms with van der Waals surface area (Å²) in [7, 11) is 0. The first-order valence-corrected chi connectivity index (χ1v) is 11.0. The van der Waals surface area contributed by atoms with Gasteiger partial charge in [0.1, 0.15) is 0 Å². The van der Waals surface area contributed by atoms with Crippen LogP contribution < -0.4 is 21.5 Å². The molecule has 0 aromatic heterocycles. The van der Waals surface area contributed by atoms with Crippen molar-refractivity contribution in [3.05, 3.63) is 59.7 Å². The second-order valence-electron chi connectivity index (χ2n) is 7.68. The molecule has 2 aliphatic heterocycles. The molecule has 8 nitrogen and oxygen atoms in total. The van der Waals surface area contributed by atoms with Gasteiger partial charge in [0.15, 0.2) is 0 Å². The average Bonchev–Trinajstić information content (AvgIpc) is 2.86. The summed E-state index contributed by atoms with van der Waals surface area (Å²) in [4.78, 5) is 8.83. The van der Waals surface area contributed by atoms with Gasteiger partial charge < -0.3 is 10.6 Å². The Morgan fingerprint density at radius 1 is 0.656 bits per heavy atom. The number of aliphatic imine (C=N–C) groups is 2. The predicted molar refractivity (Wildman–Crippen MR) is 133 cm³/mol. The van der Waals surface area contributed by atoms with Crippen molar-refractivity contribution in [3.63, 3.8) is 0 Å². The summed E-state index contributed by atoms with van der Waals surface area (Å²) >= 11 is 0. The zero-order chi connectivity index (χ0) is 21.6. The van der Waals surface area contributed by atoms with Crippen molar-refractivity contribution in [2.75, 3.05) is 26.2 Å². The largest absolute Gasteiger partial charge is 0.355 e. The van der Waals surface area contributed by atoms with E-state index in [1.165, 1.54) is 0 Å². The molecule has 2 aliphatic rings. The van der Waals surface area contributed by atoms with Gasteiger partial charge in [0.05, 0.1) is 12.4 Å². The van der Waals surface area contributed by atoms with Crippen LogP contribution in [0.1, 0.15) is 24.0 Å². The van der Waals surface area contributed by atoms with Crippen LogP contribution >= 0.6 is 0 Å². The Labute approximate surface area is 186 Å². The van der Waals surface area contributed by atoms with Gasteiger partial charge in [0.25, 0.3) is 0 Å². The lowest BCUT2D eigenvalue weighted by molar-refractivity contribution is 0.712. The first-order valence-electron chi connectivity index (χ1n) is 11.0. The van der Waals surface area contributed by atoms with E-state index in [0.29, 0.717) is 0 Å². The molecule has 2 heterocycles. The quantitative estimate of drug-likeness (QED) is 0.293. The number of hydrazone groups is 2. The Kier molecular flexibility index (Phi) is 5.91. The van der Waals surface area contributed by atoms with Gasteiger partial charge in [-0.15, -0.1) is 0 Å². The van der Waals surface area contributed by atoms with Crippen LogP contribution in [0.25, 0.3) is 21.5 Å². The fourth-order valence-electron chi connectivity index (χ4n) is 4.00. The van der Waals surface area contributed by atoms with Crippen LogP contribution in [0.4, 0.5) is 0 Å². The molecule has 0 bridgehead atoms. The molecule has 0 radical (unpaired) electrons. The van der Waals surface area contributed by atoms with Crippen LogP contribution in [-0.4, -0.2) is 50.5 Å². The van der Waals surface area contributed by atoms with E-state index >= 15 is 0 Å². The highest BCUT2D eigenvalue weighted by molar-refractivity contribution is 6.21. The summed E-state index contributed by atoms with van der Waals surface area (Å²) in [6, 6.07) is 16.7. The summed E-state index contributed by atoms with van der Waals surface area (Å²) in [6.45, 7) is 3.47. The molecule has 0 unspecified atom stereocenters. The van der Waals surface area contributed by atoms with E-state index in [-0.39, 0.29) is 0 Å². The second-order valence-corrected chi connectivity index (χ2v) is 7.68. The number of hydrogen-bond acceptors (Lipinski definition) is 8. The highest BCUT2D eigenvalue weighted by Crippen LogP contribution is 2.31. The highest BCUT2D eigenvalue weighted by atomic mass is 15.4. The highest BCUT2D eigenvalue weighted by Gasteiger charge is 2.12. The Morgan fingerprint density at radius 2 is 1.06 bits per heavy atom. The SMILES string of the molecule is C(=N\NC1=NCCCN1)/c1c2ccccc2c(/C=N/NC2=NCCCN2)c2ccccc12. The minimum Gasteiger partial charge on any atom is -0.355 e. The lowest BCUT2D eigenvalue weighted by Gasteiger charge is -2.15. The zero-order valence-corrected chi connectivity index (χ0v) is 17.8. The van der Waals surface area contributed by atoms with E-state index < -0.39 is 0 Å². The summed E-state index contributed by atoms with van der Waals surface area (Å²) in [6.07, 6.45) is 5.85. The fraction of sp³-hybridized carbons (Fsp3) is 0.250. The molecule has 0 amide bonds. The van der Waals surface area contributed by atoms with Gasteiger partial charge in [-0.1, -0.05) is 48.5 Å². The van der Waals surface area contributed by atoms with Crippen molar-refractivity contribution in [2.45, 2.75) is 12.8 Å². The van der Waals surface area contributed by atoms with Crippen LogP contribution in [-0.2, 0) is 0 Å². The third-order valence-electron chi connectivity index (χ3n) is 5.54. The van der Waals surface area contributed by atoms with Gasteiger partial charge in [-0.2, -0.15) is 10.2 Å². The zero-order valence-electron chi connectivity index (χ0n) is 17.8. The Balaban J connectivity index is 1.54. The fourth-order valence-corrected chi connectivity index (χ4v) is 4.00. The first kappa shape index (κ1) is 20.0. The molecule has 3 aromatic carbocycles. The monoisotopic (exact) mass is 426 g/mol. The Morgan fingerprint density at radius 3 is 1.41 bits per heavy atom. The maximum Gasteiger partial charge on any atom is 0.212 e. The molecule has 32 heavy (non-hydrogen) atoms. The van der Waals surface area contributed by atoms with Crippen molar-refractivity contribution in [1.82, 2.24) is 21.5 Å². The van der Waals surface area contributed by atoms with Crippen molar-refractivity contribution in [1.29, 1.82) is 0 Å². The van der Waals surface area contributed by atoms with Gasteiger partial charge >= 0.3 is 0 Å². The van der Waals surface area contributed by atoms with Gasteiger partial charge in [0, 0.05) is 37.3 Å². The van der Waals surface area contributed by atoms with Gasteiger partial charge in [-0.25, -0.2) is 10.9 Å². The van der Waals surface area contributed by atoms with Crippen molar-refractivity contribution in [2.24, 2.45) is 20.2 Å². The molecule has 162 valence electrons. The minimum atomic E-state index is 0.718. The van der Waals surface area contributed by atoms with Crippen molar-refractivity contribution < 1.29 is 0 Å². The number of hydrogen-bond donors (Lipinski definition) is 4. The third kappa shape index (κ3) is 4.25. The lowest BCUT2D eigenvalue weighted by atomic mass is 9.92. The number of nitrogens with zero attached hydrogens (tertiary/aromatic N) is 4. The average molecular weight is 427 g/mol. The number of fused-ring (bicyclic) bond motifs is 2. The molecule has 0 atom stereocenters. The number of benzene rings is 3. The van der Waals surface area contributed by atoms with Gasteiger partial charge in [-0.05, 0) is 34.4 Å². The molecular formula is C24H26N8. The van der Waals surface area contributed by atoms with Crippen LogP contribution in [0.5, 0.6) is 0 Å². The van der Waals surface area contributed by atoms with Gasteiger partial charge in [-0.3, -0.25) is 9.98 Å². The molecular weight excluding hydrogens is 400 g/mol. The number of nitrogens with one attached hydrogen (secondary N) is 4. The third-order valence-corrected chi connectivity index (χ3v) is 5.54. The summed E-state index contributed by atoms with van der Waals surface area (Å²) in [5.41, 5.74) is 8.19. The molecule has 0 aliphatic carbocycles.